The zero-order valence-electron chi connectivity index (χ0n) is 9.16. The number of aromatic nitrogens is 2. The molecular weight excluding hydrogens is 242 g/mol. The first-order valence-corrected chi connectivity index (χ1v) is 6.65. The van der Waals surface area contributed by atoms with Crippen LogP contribution in [0.4, 0.5) is 0 Å². The molecule has 4 nitrogen and oxygen atoms in total. The van der Waals surface area contributed by atoms with Crippen molar-refractivity contribution in [1.82, 2.24) is 15.3 Å². The minimum atomic E-state index is -0.00209. The Balaban J connectivity index is 1.86. The van der Waals surface area contributed by atoms with Crippen LogP contribution < -0.4 is 10.2 Å². The third kappa shape index (κ3) is 2.78. The van der Waals surface area contributed by atoms with Gasteiger partial charge in [-0.15, -0.1) is 11.3 Å². The summed E-state index contributed by atoms with van der Waals surface area (Å²) in [7, 11) is 0. The molecule has 6 heteroatoms. The molecule has 0 saturated heterocycles. The molecule has 0 bridgehead atoms. The first-order valence-electron chi connectivity index (χ1n) is 4.95. The van der Waals surface area contributed by atoms with Gasteiger partial charge < -0.3 is 10.3 Å². The Morgan fingerprint density at radius 2 is 2.25 bits per heavy atom. The fraction of sp³-hybridized carbons (Fsp3) is 0.400. The number of thiazole rings is 2. The second-order valence-corrected chi connectivity index (χ2v) is 5.66. The molecule has 0 aliphatic carbocycles. The van der Waals surface area contributed by atoms with Crippen LogP contribution >= 0.6 is 22.7 Å². The molecule has 16 heavy (non-hydrogen) atoms. The van der Waals surface area contributed by atoms with E-state index in [2.05, 4.69) is 22.2 Å². The summed E-state index contributed by atoms with van der Waals surface area (Å²) in [5.74, 6) is 0. The normalized spacial score (nSPS) is 10.9. The lowest BCUT2D eigenvalue weighted by Gasteiger charge is -1.98. The van der Waals surface area contributed by atoms with Crippen molar-refractivity contribution in [2.45, 2.75) is 26.9 Å². The van der Waals surface area contributed by atoms with Crippen molar-refractivity contribution in [1.29, 1.82) is 0 Å². The third-order valence-corrected chi connectivity index (χ3v) is 4.03. The van der Waals surface area contributed by atoms with Crippen molar-refractivity contribution < 1.29 is 0 Å². The lowest BCUT2D eigenvalue weighted by atomic mass is 10.4. The molecule has 0 fully saturated rings. The van der Waals surface area contributed by atoms with Gasteiger partial charge >= 0.3 is 4.87 Å². The van der Waals surface area contributed by atoms with Gasteiger partial charge in [-0.05, 0) is 13.8 Å². The van der Waals surface area contributed by atoms with Crippen molar-refractivity contribution in [2.24, 2.45) is 0 Å². The highest BCUT2D eigenvalue weighted by atomic mass is 32.1. The van der Waals surface area contributed by atoms with Crippen molar-refractivity contribution in [3.8, 4) is 0 Å². The summed E-state index contributed by atoms with van der Waals surface area (Å²) in [6.45, 7) is 5.52. The second kappa shape index (κ2) is 4.90. The van der Waals surface area contributed by atoms with E-state index in [9.17, 15) is 4.79 Å². The predicted molar refractivity (Wildman–Crippen MR) is 67.1 cm³/mol. The van der Waals surface area contributed by atoms with E-state index < -0.39 is 0 Å². The van der Waals surface area contributed by atoms with E-state index in [0.29, 0.717) is 6.54 Å². The molecule has 86 valence electrons. The molecule has 0 aliphatic heterocycles. The first kappa shape index (κ1) is 11.5. The van der Waals surface area contributed by atoms with Crippen LogP contribution in [0.5, 0.6) is 0 Å². The van der Waals surface area contributed by atoms with Crippen molar-refractivity contribution >= 4 is 22.7 Å². The third-order valence-electron chi connectivity index (χ3n) is 2.24. The topological polar surface area (TPSA) is 57.8 Å². The van der Waals surface area contributed by atoms with Gasteiger partial charge in [-0.2, -0.15) is 0 Å². The summed E-state index contributed by atoms with van der Waals surface area (Å²) in [5, 5.41) is 6.19. The maximum atomic E-state index is 10.9. The van der Waals surface area contributed by atoms with E-state index in [0.717, 1.165) is 22.9 Å². The SMILES string of the molecule is Cc1nc(CNCc2csc(=O)[nH]2)sc1C. The maximum absolute atomic E-state index is 10.9. The van der Waals surface area contributed by atoms with Gasteiger partial charge in [0.25, 0.3) is 0 Å². The summed E-state index contributed by atoms with van der Waals surface area (Å²) in [6.07, 6.45) is 0. The lowest BCUT2D eigenvalue weighted by Crippen LogP contribution is -2.13. The van der Waals surface area contributed by atoms with Crippen LogP contribution in [-0.4, -0.2) is 9.97 Å². The van der Waals surface area contributed by atoms with E-state index in [1.165, 1.54) is 16.2 Å². The van der Waals surface area contributed by atoms with Gasteiger partial charge in [-0.3, -0.25) is 4.79 Å². The Hall–Kier alpha value is -0.980. The van der Waals surface area contributed by atoms with Gasteiger partial charge in [-0.1, -0.05) is 11.3 Å². The Labute approximate surface area is 101 Å². The molecule has 0 spiro atoms. The molecule has 2 rings (SSSR count). The Morgan fingerprint density at radius 3 is 2.81 bits per heavy atom. The second-order valence-electron chi connectivity index (χ2n) is 3.53. The quantitative estimate of drug-likeness (QED) is 0.876. The van der Waals surface area contributed by atoms with Crippen LogP contribution in [0, 0.1) is 13.8 Å². The standard InChI is InChI=1S/C10H13N3OS2/c1-6-7(2)16-9(12-6)4-11-3-8-5-15-10(14)13-8/h5,11H,3-4H2,1-2H3,(H,13,14). The summed E-state index contributed by atoms with van der Waals surface area (Å²) in [6, 6.07) is 0. The number of rotatable bonds is 4. The number of aromatic amines is 1. The minimum Gasteiger partial charge on any atom is -0.315 e. The fourth-order valence-electron chi connectivity index (χ4n) is 1.32. The average molecular weight is 255 g/mol. The molecule has 0 atom stereocenters. The number of hydrogen-bond donors (Lipinski definition) is 2. The minimum absolute atomic E-state index is 0.00209. The summed E-state index contributed by atoms with van der Waals surface area (Å²) in [4.78, 5) is 19.4. The van der Waals surface area contributed by atoms with Gasteiger partial charge in [0.2, 0.25) is 0 Å². The van der Waals surface area contributed by atoms with Gasteiger partial charge in [0.05, 0.1) is 5.69 Å². The van der Waals surface area contributed by atoms with Gasteiger partial charge in [0.1, 0.15) is 5.01 Å². The van der Waals surface area contributed by atoms with Crippen LogP contribution in [0.3, 0.4) is 0 Å². The van der Waals surface area contributed by atoms with Gasteiger partial charge in [0.15, 0.2) is 0 Å². The largest absolute Gasteiger partial charge is 0.315 e. The van der Waals surface area contributed by atoms with E-state index in [1.54, 1.807) is 11.3 Å². The zero-order chi connectivity index (χ0) is 11.5. The van der Waals surface area contributed by atoms with Crippen molar-refractivity contribution in [3.05, 3.63) is 36.3 Å². The summed E-state index contributed by atoms with van der Waals surface area (Å²) >= 11 is 2.90. The Kier molecular flexibility index (Phi) is 3.52. The smallest absolute Gasteiger partial charge is 0.304 e. The molecule has 0 aliphatic rings. The molecule has 2 aromatic rings. The van der Waals surface area contributed by atoms with Crippen molar-refractivity contribution in [2.75, 3.05) is 0 Å². The van der Waals surface area contributed by atoms with Gasteiger partial charge in [0, 0.05) is 29.0 Å². The van der Waals surface area contributed by atoms with E-state index >= 15 is 0 Å². The van der Waals surface area contributed by atoms with Crippen LogP contribution in [-0.2, 0) is 13.1 Å². The highest BCUT2D eigenvalue weighted by molar-refractivity contribution is 7.11. The number of nitrogens with one attached hydrogen (secondary N) is 2. The predicted octanol–water partition coefficient (Wildman–Crippen LogP) is 1.80. The molecule has 2 aromatic heterocycles. The summed E-state index contributed by atoms with van der Waals surface area (Å²) < 4.78 is 0. The molecule has 2 N–H and O–H groups in total. The average Bonchev–Trinajstić information content (AvgIpc) is 2.75. The zero-order valence-corrected chi connectivity index (χ0v) is 10.8. The molecule has 2 heterocycles. The molecule has 0 radical (unpaired) electrons. The highest BCUT2D eigenvalue weighted by Gasteiger charge is 2.03. The highest BCUT2D eigenvalue weighted by Crippen LogP contribution is 2.15. The lowest BCUT2D eigenvalue weighted by molar-refractivity contribution is 0.677. The van der Waals surface area contributed by atoms with Crippen molar-refractivity contribution in [3.63, 3.8) is 0 Å². The van der Waals surface area contributed by atoms with E-state index in [1.807, 2.05) is 12.3 Å². The monoisotopic (exact) mass is 255 g/mol. The van der Waals surface area contributed by atoms with Crippen LogP contribution in [0.2, 0.25) is 0 Å². The Bertz CT molecular complexity index is 507. The van der Waals surface area contributed by atoms with Gasteiger partial charge in [-0.25, -0.2) is 4.98 Å². The summed E-state index contributed by atoms with van der Waals surface area (Å²) in [5.41, 5.74) is 2.03. The molecular formula is C10H13N3OS2. The number of nitrogens with zero attached hydrogens (tertiary/aromatic N) is 1. The maximum Gasteiger partial charge on any atom is 0.304 e. The number of aryl methyl sites for hydroxylation is 2. The fourth-order valence-corrected chi connectivity index (χ4v) is 2.80. The van der Waals surface area contributed by atoms with Crippen LogP contribution in [0.1, 0.15) is 21.3 Å². The molecule has 0 saturated carbocycles. The van der Waals surface area contributed by atoms with E-state index in [-0.39, 0.29) is 4.87 Å². The molecule has 0 amide bonds. The number of hydrogen-bond acceptors (Lipinski definition) is 5. The number of H-pyrrole nitrogens is 1. The van der Waals surface area contributed by atoms with Crippen LogP contribution in [0.25, 0.3) is 0 Å². The first-order chi connectivity index (χ1) is 7.65. The Morgan fingerprint density at radius 1 is 1.44 bits per heavy atom. The molecule has 0 unspecified atom stereocenters. The van der Waals surface area contributed by atoms with E-state index in [4.69, 9.17) is 0 Å². The molecule has 0 aromatic carbocycles. The van der Waals surface area contributed by atoms with Crippen LogP contribution in [0.15, 0.2) is 10.2 Å².